The number of amides is 1. The number of benzene rings is 1. The molecule has 7 heteroatoms. The maximum atomic E-state index is 12.2. The second kappa shape index (κ2) is 6.16. The smallest absolute Gasteiger partial charge is 0.224 e. The molecule has 0 aliphatic carbocycles. The van der Waals surface area contributed by atoms with Gasteiger partial charge >= 0.3 is 0 Å². The SMILES string of the molecule is CC(NC(=O)C1CCS(=O)(=O)C1)c1cccc(-n2ccnc2)c1. The van der Waals surface area contributed by atoms with Crippen LogP contribution in [0.3, 0.4) is 0 Å². The maximum absolute atomic E-state index is 12.2. The van der Waals surface area contributed by atoms with Crippen LogP contribution in [0, 0.1) is 5.92 Å². The Morgan fingerprint density at radius 1 is 1.43 bits per heavy atom. The van der Waals surface area contributed by atoms with E-state index in [0.717, 1.165) is 11.3 Å². The van der Waals surface area contributed by atoms with Gasteiger partial charge in [-0.2, -0.15) is 0 Å². The van der Waals surface area contributed by atoms with Crippen LogP contribution in [-0.4, -0.2) is 35.4 Å². The summed E-state index contributed by atoms with van der Waals surface area (Å²) in [5.74, 6) is -0.554. The molecule has 1 aliphatic rings. The van der Waals surface area contributed by atoms with Gasteiger partial charge in [-0.25, -0.2) is 13.4 Å². The molecule has 2 atom stereocenters. The fourth-order valence-electron chi connectivity index (χ4n) is 2.78. The van der Waals surface area contributed by atoms with Crippen molar-refractivity contribution in [3.05, 3.63) is 48.5 Å². The second-order valence-corrected chi connectivity index (χ2v) is 8.12. The lowest BCUT2D eigenvalue weighted by molar-refractivity contribution is -0.124. The Balaban J connectivity index is 1.70. The highest BCUT2D eigenvalue weighted by Crippen LogP contribution is 2.21. The molecule has 3 rings (SSSR count). The van der Waals surface area contributed by atoms with Gasteiger partial charge in [0.1, 0.15) is 0 Å². The van der Waals surface area contributed by atoms with Crippen molar-refractivity contribution in [2.75, 3.05) is 11.5 Å². The van der Waals surface area contributed by atoms with Crippen molar-refractivity contribution in [1.82, 2.24) is 14.9 Å². The number of carbonyl (C=O) groups is 1. The molecule has 1 saturated heterocycles. The number of sulfone groups is 1. The third-order valence-corrected chi connectivity index (χ3v) is 5.90. The van der Waals surface area contributed by atoms with E-state index in [1.165, 1.54) is 0 Å². The fourth-order valence-corrected chi connectivity index (χ4v) is 4.52. The Hall–Kier alpha value is -2.15. The second-order valence-electron chi connectivity index (χ2n) is 5.90. The first-order valence-electron chi connectivity index (χ1n) is 7.54. The van der Waals surface area contributed by atoms with Crippen molar-refractivity contribution in [3.8, 4) is 5.69 Å². The van der Waals surface area contributed by atoms with E-state index >= 15 is 0 Å². The molecule has 2 unspecified atom stereocenters. The Morgan fingerprint density at radius 2 is 2.26 bits per heavy atom. The van der Waals surface area contributed by atoms with E-state index < -0.39 is 15.8 Å². The number of rotatable bonds is 4. The summed E-state index contributed by atoms with van der Waals surface area (Å²) in [6.45, 7) is 1.90. The van der Waals surface area contributed by atoms with E-state index in [1.807, 2.05) is 42.0 Å². The van der Waals surface area contributed by atoms with Crippen LogP contribution in [0.1, 0.15) is 24.9 Å². The third-order valence-electron chi connectivity index (χ3n) is 4.13. The van der Waals surface area contributed by atoms with E-state index in [1.54, 1.807) is 12.5 Å². The average molecular weight is 333 g/mol. The van der Waals surface area contributed by atoms with Crippen molar-refractivity contribution in [2.45, 2.75) is 19.4 Å². The predicted octanol–water partition coefficient (Wildman–Crippen LogP) is 1.48. The first-order valence-corrected chi connectivity index (χ1v) is 9.36. The first-order chi connectivity index (χ1) is 10.9. The highest BCUT2D eigenvalue weighted by atomic mass is 32.2. The quantitative estimate of drug-likeness (QED) is 0.919. The molecule has 0 spiro atoms. The zero-order valence-electron chi connectivity index (χ0n) is 12.8. The molecule has 1 aromatic heterocycles. The molecule has 1 N–H and O–H groups in total. The van der Waals surface area contributed by atoms with E-state index in [2.05, 4.69) is 10.3 Å². The van der Waals surface area contributed by atoms with Gasteiger partial charge in [0.25, 0.3) is 0 Å². The van der Waals surface area contributed by atoms with E-state index in [0.29, 0.717) is 6.42 Å². The molecule has 2 heterocycles. The molecule has 2 aromatic rings. The maximum Gasteiger partial charge on any atom is 0.224 e. The van der Waals surface area contributed by atoms with Gasteiger partial charge in [0.15, 0.2) is 9.84 Å². The van der Waals surface area contributed by atoms with Crippen molar-refractivity contribution in [1.29, 1.82) is 0 Å². The predicted molar refractivity (Wildman–Crippen MR) is 86.9 cm³/mol. The molecule has 0 saturated carbocycles. The van der Waals surface area contributed by atoms with Crippen LogP contribution in [0.2, 0.25) is 0 Å². The Bertz CT molecular complexity index is 800. The van der Waals surface area contributed by atoms with Crippen LogP contribution in [-0.2, 0) is 14.6 Å². The van der Waals surface area contributed by atoms with Crippen LogP contribution >= 0.6 is 0 Å². The van der Waals surface area contributed by atoms with Gasteiger partial charge in [-0.3, -0.25) is 4.79 Å². The van der Waals surface area contributed by atoms with E-state index in [-0.39, 0.29) is 23.5 Å². The zero-order valence-corrected chi connectivity index (χ0v) is 13.7. The molecule has 1 amide bonds. The highest BCUT2D eigenvalue weighted by Gasteiger charge is 2.33. The molecular formula is C16H19N3O3S. The average Bonchev–Trinajstić information content (AvgIpc) is 3.16. The number of nitrogens with zero attached hydrogens (tertiary/aromatic N) is 2. The number of hydrogen-bond donors (Lipinski definition) is 1. The van der Waals surface area contributed by atoms with Gasteiger partial charge in [0.05, 0.1) is 29.8 Å². The Morgan fingerprint density at radius 3 is 2.91 bits per heavy atom. The van der Waals surface area contributed by atoms with Gasteiger partial charge < -0.3 is 9.88 Å². The summed E-state index contributed by atoms with van der Waals surface area (Å²) in [6.07, 6.45) is 5.69. The van der Waals surface area contributed by atoms with Crippen LogP contribution in [0.5, 0.6) is 0 Å². The van der Waals surface area contributed by atoms with Crippen molar-refractivity contribution in [2.24, 2.45) is 5.92 Å². The molecule has 0 bridgehead atoms. The molecule has 23 heavy (non-hydrogen) atoms. The lowest BCUT2D eigenvalue weighted by Gasteiger charge is -2.17. The van der Waals surface area contributed by atoms with Crippen LogP contribution in [0.25, 0.3) is 5.69 Å². The monoisotopic (exact) mass is 333 g/mol. The third kappa shape index (κ3) is 3.61. The largest absolute Gasteiger partial charge is 0.349 e. The minimum atomic E-state index is -3.05. The van der Waals surface area contributed by atoms with Gasteiger partial charge in [-0.1, -0.05) is 12.1 Å². The van der Waals surface area contributed by atoms with Gasteiger partial charge in [0.2, 0.25) is 5.91 Å². The Labute approximate surface area is 135 Å². The molecule has 0 radical (unpaired) electrons. The first kappa shape index (κ1) is 15.7. The van der Waals surface area contributed by atoms with E-state index in [4.69, 9.17) is 0 Å². The summed E-state index contributed by atoms with van der Waals surface area (Å²) < 4.78 is 24.9. The zero-order chi connectivity index (χ0) is 16.4. The minimum absolute atomic E-state index is 0.0410. The van der Waals surface area contributed by atoms with Crippen LogP contribution < -0.4 is 5.32 Å². The van der Waals surface area contributed by atoms with Crippen LogP contribution in [0.15, 0.2) is 43.0 Å². The highest BCUT2D eigenvalue weighted by molar-refractivity contribution is 7.91. The number of hydrogen-bond acceptors (Lipinski definition) is 4. The molecule has 1 fully saturated rings. The summed E-state index contributed by atoms with van der Waals surface area (Å²) in [5, 5.41) is 2.92. The van der Waals surface area contributed by atoms with Crippen molar-refractivity contribution in [3.63, 3.8) is 0 Å². The van der Waals surface area contributed by atoms with Gasteiger partial charge in [-0.15, -0.1) is 0 Å². The molecule has 122 valence electrons. The summed E-state index contributed by atoms with van der Waals surface area (Å²) in [7, 11) is -3.05. The normalized spacial score (nSPS) is 21.0. The number of imidazole rings is 1. The standard InChI is InChI=1S/C16H19N3O3S/c1-12(18-16(20)14-5-8-23(21,22)10-14)13-3-2-4-15(9-13)19-7-6-17-11-19/h2-4,6-7,9,11-12,14H,5,8,10H2,1H3,(H,18,20). The van der Waals surface area contributed by atoms with Crippen molar-refractivity contribution < 1.29 is 13.2 Å². The summed E-state index contributed by atoms with van der Waals surface area (Å²) in [4.78, 5) is 16.3. The number of nitrogens with one attached hydrogen (secondary N) is 1. The van der Waals surface area contributed by atoms with E-state index in [9.17, 15) is 13.2 Å². The molecule has 1 aromatic carbocycles. The lowest BCUT2D eigenvalue weighted by Crippen LogP contribution is -2.33. The molecule has 6 nitrogen and oxygen atoms in total. The Kier molecular flexibility index (Phi) is 4.21. The van der Waals surface area contributed by atoms with Gasteiger partial charge in [-0.05, 0) is 31.0 Å². The van der Waals surface area contributed by atoms with Crippen molar-refractivity contribution >= 4 is 15.7 Å². The number of aromatic nitrogens is 2. The number of carbonyl (C=O) groups excluding carboxylic acids is 1. The molecular weight excluding hydrogens is 314 g/mol. The summed E-state index contributed by atoms with van der Waals surface area (Å²) in [6, 6.07) is 7.63. The fraction of sp³-hybridized carbons (Fsp3) is 0.375. The lowest BCUT2D eigenvalue weighted by atomic mass is 10.0. The van der Waals surface area contributed by atoms with Crippen LogP contribution in [0.4, 0.5) is 0 Å². The van der Waals surface area contributed by atoms with Gasteiger partial charge in [0, 0.05) is 18.1 Å². The summed E-state index contributed by atoms with van der Waals surface area (Å²) in [5.41, 5.74) is 1.93. The minimum Gasteiger partial charge on any atom is -0.349 e. The summed E-state index contributed by atoms with van der Waals surface area (Å²) >= 11 is 0. The molecule has 1 aliphatic heterocycles. The topological polar surface area (TPSA) is 81.1 Å².